The standard InChI is InChI=1S/C65H88N6O7/c1-39(18-20-43-26-28-68-60-49(43)23-25-55(67-3)71-60)47(38-72)35-64-58(74)50-17-10-16-46-32-62(2,31-41-19-24-54(66)69-36-41)27-8-7-13-42-14-9-15-44-33-63(70-37-40-11-5-4-6-12-40)34-45-21-22-48(73)29-52(45)57(53(63)30-51(42)44)77-61(76)65(64,78-64)59(75)56(46)50/h9-10,15-17,19,24,26,33,36,40,42,45,48,51-55,57,67-73H,4-8,11-14,18,20-23,25,27-32,34-35,37-38,66H2,1-3H3/b47-39-/t42-,45+,48-,51+,52+,53+,54?,55+,57+,62+,63+,64-,65-/m0/s1. The lowest BCUT2D eigenvalue weighted by Gasteiger charge is -2.58. The van der Waals surface area contributed by atoms with Crippen molar-refractivity contribution in [2.45, 2.75) is 196 Å². The van der Waals surface area contributed by atoms with Crippen molar-refractivity contribution in [1.82, 2.24) is 26.6 Å². The number of hydrogen-bond donors (Lipinski definition) is 8. The van der Waals surface area contributed by atoms with Crippen LogP contribution >= 0.6 is 0 Å². The Labute approximate surface area is 462 Å². The molecular weight excluding hydrogens is 977 g/mol. The normalized spacial score (nSPS) is 38.6. The van der Waals surface area contributed by atoms with Gasteiger partial charge in [-0.25, -0.2) is 4.79 Å². The van der Waals surface area contributed by atoms with Gasteiger partial charge in [0.25, 0.3) is 5.60 Å². The van der Waals surface area contributed by atoms with Gasteiger partial charge >= 0.3 is 5.97 Å². The molecule has 9 N–H and O–H groups in total. The molecule has 5 heterocycles. The van der Waals surface area contributed by atoms with Gasteiger partial charge in [-0.1, -0.05) is 93.2 Å². The second-order valence-corrected chi connectivity index (χ2v) is 26.4. The third-order valence-electron chi connectivity index (χ3n) is 21.4. The summed E-state index contributed by atoms with van der Waals surface area (Å²) in [5, 5.41) is 40.9. The van der Waals surface area contributed by atoms with Crippen LogP contribution in [-0.4, -0.2) is 95.8 Å². The summed E-state index contributed by atoms with van der Waals surface area (Å²) in [6.45, 7) is 5.55. The van der Waals surface area contributed by atoms with Gasteiger partial charge in [-0.2, -0.15) is 0 Å². The van der Waals surface area contributed by atoms with Crippen molar-refractivity contribution in [2.75, 3.05) is 26.7 Å². The van der Waals surface area contributed by atoms with Crippen LogP contribution in [0, 0.1) is 40.9 Å². The number of nitrogens with two attached hydrogens (primary N) is 1. The molecule has 13 heteroatoms. The molecule has 1 saturated heterocycles. The number of dihydropyridines is 2. The van der Waals surface area contributed by atoms with Crippen LogP contribution in [-0.2, 0) is 20.7 Å². The molecule has 11 aliphatic rings. The van der Waals surface area contributed by atoms with Crippen LogP contribution in [0.1, 0.15) is 175 Å². The Balaban J connectivity index is 0.954. The zero-order valence-corrected chi connectivity index (χ0v) is 46.7. The van der Waals surface area contributed by atoms with E-state index in [1.165, 1.54) is 48.8 Å². The fraction of sp³-hybridized carbons (Fsp3) is 0.646. The summed E-state index contributed by atoms with van der Waals surface area (Å²) in [4.78, 5) is 48.4. The lowest BCUT2D eigenvalue weighted by molar-refractivity contribution is -0.176. The zero-order valence-electron chi connectivity index (χ0n) is 46.7. The molecule has 5 aliphatic heterocycles. The predicted octanol–water partition coefficient (Wildman–Crippen LogP) is 8.70. The minimum Gasteiger partial charge on any atom is -0.459 e. The van der Waals surface area contributed by atoms with Gasteiger partial charge in [-0.3, -0.25) is 9.59 Å². The van der Waals surface area contributed by atoms with E-state index >= 15 is 14.4 Å². The van der Waals surface area contributed by atoms with Gasteiger partial charge in [-0.15, -0.1) is 0 Å². The Kier molecular flexibility index (Phi) is 15.0. The summed E-state index contributed by atoms with van der Waals surface area (Å²) in [6, 6.07) is 5.58. The number of epoxide rings is 1. The number of aliphatic hydroxyl groups excluding tert-OH is 2. The lowest BCUT2D eigenvalue weighted by atomic mass is 9.52. The molecule has 420 valence electrons. The highest BCUT2D eigenvalue weighted by molar-refractivity contribution is 6.33. The highest BCUT2D eigenvalue weighted by atomic mass is 16.7. The van der Waals surface area contributed by atoms with Crippen molar-refractivity contribution in [2.24, 2.45) is 46.7 Å². The van der Waals surface area contributed by atoms with Gasteiger partial charge in [0.1, 0.15) is 11.9 Å². The minimum atomic E-state index is -2.26. The number of Topliss-reactive ketones (excluding diaryl/α,β-unsaturated/α-hetero) is 2. The van der Waals surface area contributed by atoms with Gasteiger partial charge in [0, 0.05) is 47.7 Å². The minimum absolute atomic E-state index is 0.111. The molecule has 13 atom stereocenters. The highest BCUT2D eigenvalue weighted by Gasteiger charge is 2.86. The van der Waals surface area contributed by atoms with E-state index in [4.69, 9.17) is 15.2 Å². The molecular formula is C65H88N6O7. The molecule has 13 nitrogen and oxygen atoms in total. The first kappa shape index (κ1) is 54.0. The molecule has 0 amide bonds. The first-order valence-electron chi connectivity index (χ1n) is 30.5. The number of hydrogen-bond acceptors (Lipinski definition) is 13. The number of rotatable bonds is 12. The third-order valence-corrected chi connectivity index (χ3v) is 21.4. The smallest absolute Gasteiger partial charge is 0.350 e. The Hall–Kier alpha value is -4.63. The van der Waals surface area contributed by atoms with E-state index < -0.39 is 46.5 Å². The molecule has 6 aliphatic carbocycles. The van der Waals surface area contributed by atoms with E-state index in [2.05, 4.69) is 63.9 Å². The van der Waals surface area contributed by atoms with E-state index in [1.807, 2.05) is 38.4 Å². The molecule has 4 bridgehead atoms. The average Bonchev–Trinajstić information content (AvgIpc) is 4.03. The monoisotopic (exact) mass is 1060 g/mol. The number of benzene rings is 1. The van der Waals surface area contributed by atoms with E-state index in [0.29, 0.717) is 49.6 Å². The van der Waals surface area contributed by atoms with Gasteiger partial charge < -0.3 is 52.0 Å². The van der Waals surface area contributed by atoms with Crippen LogP contribution in [0.15, 0.2) is 100 Å². The predicted molar refractivity (Wildman–Crippen MR) is 302 cm³/mol. The molecule has 78 heavy (non-hydrogen) atoms. The topological polar surface area (TPSA) is 200 Å². The third kappa shape index (κ3) is 9.75. The van der Waals surface area contributed by atoms with E-state index in [0.717, 1.165) is 106 Å². The van der Waals surface area contributed by atoms with Crippen molar-refractivity contribution in [3.8, 4) is 0 Å². The molecule has 0 aromatic heterocycles. The highest BCUT2D eigenvalue weighted by Crippen LogP contribution is 2.62. The average molecular weight is 1070 g/mol. The number of carbonyl (C=O) groups is 3. The van der Waals surface area contributed by atoms with Gasteiger partial charge in [0.2, 0.25) is 5.78 Å². The summed E-state index contributed by atoms with van der Waals surface area (Å²) in [5.41, 5.74) is 9.07. The fourth-order valence-corrected chi connectivity index (χ4v) is 17.1. The summed E-state index contributed by atoms with van der Waals surface area (Å²) < 4.78 is 14.1. The van der Waals surface area contributed by atoms with Crippen molar-refractivity contribution < 1.29 is 34.1 Å². The summed E-state index contributed by atoms with van der Waals surface area (Å²) in [7, 11) is 1.97. The number of fused-ring (bicyclic) bond motifs is 2. The maximum atomic E-state index is 16.3. The number of nitrogens with one attached hydrogen (secondary N) is 5. The molecule has 4 fully saturated rings. The number of ketones is 2. The summed E-state index contributed by atoms with van der Waals surface area (Å²) in [6.07, 6.45) is 33.8. The van der Waals surface area contributed by atoms with Crippen molar-refractivity contribution in [1.29, 1.82) is 0 Å². The number of aliphatic hydroxyl groups is 2. The SMILES string of the molecule is CN[C@H]1CCC2=C(NCC=C2CC/C(C)=C(\CO)C[C@@]23O[C@@]24C(=O)O[C@@H]2[C@@H]5C[C@@H](O)CC[C@@H]5C[C@]5(NCC6CCCCC6)C=C6C=CC[C@H](CCCC[C@](C)(CC7=CNC(N)C=C7)Cc7cccc(c7C4=O)C3=O)[C@H]6C[C@H]25)N1. The number of esters is 1. The van der Waals surface area contributed by atoms with Crippen LogP contribution in [0.25, 0.3) is 0 Å². The quantitative estimate of drug-likeness (QED) is 0.0429. The van der Waals surface area contributed by atoms with Crippen molar-refractivity contribution >= 4 is 17.5 Å². The van der Waals surface area contributed by atoms with Crippen LogP contribution < -0.4 is 32.3 Å². The number of ether oxygens (including phenoxy) is 2. The lowest BCUT2D eigenvalue weighted by Crippen LogP contribution is -2.66. The van der Waals surface area contributed by atoms with Crippen LogP contribution in [0.2, 0.25) is 0 Å². The Morgan fingerprint density at radius 2 is 1.82 bits per heavy atom. The number of allylic oxidation sites excluding steroid dienone is 8. The molecule has 1 unspecified atom stereocenters. The molecule has 1 aromatic carbocycles. The summed E-state index contributed by atoms with van der Waals surface area (Å²) >= 11 is 0. The Morgan fingerprint density at radius 1 is 0.974 bits per heavy atom. The molecule has 0 radical (unpaired) electrons. The van der Waals surface area contributed by atoms with Crippen LogP contribution in [0.5, 0.6) is 0 Å². The first-order chi connectivity index (χ1) is 37.8. The molecule has 1 spiro atoms. The second-order valence-electron chi connectivity index (χ2n) is 26.4. The van der Waals surface area contributed by atoms with Crippen LogP contribution in [0.4, 0.5) is 0 Å². The van der Waals surface area contributed by atoms with Crippen LogP contribution in [0.3, 0.4) is 0 Å². The van der Waals surface area contributed by atoms with Gasteiger partial charge in [0.05, 0.1) is 25.0 Å². The van der Waals surface area contributed by atoms with E-state index in [1.54, 1.807) is 6.07 Å². The maximum Gasteiger partial charge on any atom is 0.350 e. The Morgan fingerprint density at radius 3 is 2.63 bits per heavy atom. The van der Waals surface area contributed by atoms with Gasteiger partial charge in [-0.05, 0) is 192 Å². The summed E-state index contributed by atoms with van der Waals surface area (Å²) in [5.74, 6) is 0.520. The first-order valence-corrected chi connectivity index (χ1v) is 30.5. The zero-order chi connectivity index (χ0) is 54.0. The largest absolute Gasteiger partial charge is 0.459 e. The van der Waals surface area contributed by atoms with E-state index in [-0.39, 0.29) is 65.6 Å². The fourth-order valence-electron chi connectivity index (χ4n) is 17.1. The molecule has 1 aromatic rings. The van der Waals surface area contributed by atoms with Gasteiger partial charge in [0.15, 0.2) is 11.4 Å². The van der Waals surface area contributed by atoms with Crippen molar-refractivity contribution in [3.63, 3.8) is 0 Å². The molecule has 3 saturated carbocycles. The molecule has 12 rings (SSSR count). The second kappa shape index (κ2) is 21.7. The maximum absolute atomic E-state index is 16.3. The van der Waals surface area contributed by atoms with Crippen molar-refractivity contribution in [3.05, 3.63) is 117 Å². The number of carbonyl (C=O) groups excluding carboxylic acids is 3. The Bertz CT molecular complexity index is 2770. The van der Waals surface area contributed by atoms with E-state index in [9.17, 15) is 10.2 Å².